The molecule has 0 radical (unpaired) electrons. The molecule has 30 heavy (non-hydrogen) atoms. The average molecular weight is 417 g/mol. The second-order valence-corrected chi connectivity index (χ2v) is 8.03. The van der Waals surface area contributed by atoms with Gasteiger partial charge in [-0.25, -0.2) is 9.37 Å². The lowest BCUT2D eigenvalue weighted by Gasteiger charge is -2.04. The molecule has 0 saturated heterocycles. The number of aryl methyl sites for hydroxylation is 1. The highest BCUT2D eigenvalue weighted by molar-refractivity contribution is 7.16. The molecule has 1 N–H and O–H groups in total. The third-order valence-corrected chi connectivity index (χ3v) is 5.80. The SMILES string of the molecule is CCCc1sc(NC(=O)c2ccc(-c3ccccc3)cc2)nc1-c1ccc(F)cc1. The zero-order valence-electron chi connectivity index (χ0n) is 16.6. The number of carbonyl (C=O) groups is 1. The van der Waals surface area contributed by atoms with Crippen LogP contribution >= 0.6 is 11.3 Å². The lowest BCUT2D eigenvalue weighted by atomic mass is 10.0. The molecule has 4 aromatic rings. The maximum atomic E-state index is 13.3. The summed E-state index contributed by atoms with van der Waals surface area (Å²) >= 11 is 1.47. The van der Waals surface area contributed by atoms with E-state index in [0.717, 1.165) is 40.1 Å². The summed E-state index contributed by atoms with van der Waals surface area (Å²) in [5, 5.41) is 3.46. The Bertz CT molecular complexity index is 1140. The van der Waals surface area contributed by atoms with Crippen LogP contribution < -0.4 is 5.32 Å². The number of hydrogen-bond acceptors (Lipinski definition) is 3. The number of hydrogen-bond donors (Lipinski definition) is 1. The van der Waals surface area contributed by atoms with Gasteiger partial charge in [0.05, 0.1) is 5.69 Å². The zero-order chi connectivity index (χ0) is 20.9. The van der Waals surface area contributed by atoms with Crippen LogP contribution in [0.15, 0.2) is 78.9 Å². The minimum atomic E-state index is -0.279. The van der Waals surface area contributed by atoms with Gasteiger partial charge in [-0.15, -0.1) is 11.3 Å². The van der Waals surface area contributed by atoms with Gasteiger partial charge in [0, 0.05) is 16.0 Å². The molecule has 0 unspecified atom stereocenters. The Balaban J connectivity index is 1.54. The van der Waals surface area contributed by atoms with Gasteiger partial charge in [-0.2, -0.15) is 0 Å². The summed E-state index contributed by atoms with van der Waals surface area (Å²) in [6, 6.07) is 23.9. The smallest absolute Gasteiger partial charge is 0.257 e. The molecule has 0 atom stereocenters. The maximum Gasteiger partial charge on any atom is 0.257 e. The van der Waals surface area contributed by atoms with E-state index in [-0.39, 0.29) is 11.7 Å². The number of benzene rings is 3. The van der Waals surface area contributed by atoms with E-state index < -0.39 is 0 Å². The van der Waals surface area contributed by atoms with Gasteiger partial charge in [0.15, 0.2) is 5.13 Å². The van der Waals surface area contributed by atoms with Gasteiger partial charge in [0.25, 0.3) is 5.91 Å². The van der Waals surface area contributed by atoms with Gasteiger partial charge in [0.2, 0.25) is 0 Å². The van der Waals surface area contributed by atoms with Gasteiger partial charge in [0.1, 0.15) is 5.82 Å². The highest BCUT2D eigenvalue weighted by atomic mass is 32.1. The van der Waals surface area contributed by atoms with E-state index in [2.05, 4.69) is 17.2 Å². The summed E-state index contributed by atoms with van der Waals surface area (Å²) in [6.07, 6.45) is 1.82. The summed E-state index contributed by atoms with van der Waals surface area (Å²) in [7, 11) is 0. The quantitative estimate of drug-likeness (QED) is 0.375. The Kier molecular flexibility index (Phi) is 6.00. The van der Waals surface area contributed by atoms with Gasteiger partial charge in [-0.3, -0.25) is 10.1 Å². The minimum absolute atomic E-state index is 0.197. The van der Waals surface area contributed by atoms with E-state index in [1.54, 1.807) is 12.1 Å². The molecule has 150 valence electrons. The van der Waals surface area contributed by atoms with Crippen molar-refractivity contribution in [1.82, 2.24) is 4.98 Å². The number of anilines is 1. The predicted octanol–water partition coefficient (Wildman–Crippen LogP) is 6.82. The maximum absolute atomic E-state index is 13.3. The molecule has 0 saturated carbocycles. The normalized spacial score (nSPS) is 10.7. The van der Waals surface area contributed by atoms with Crippen molar-refractivity contribution in [3.05, 3.63) is 95.1 Å². The second-order valence-electron chi connectivity index (χ2n) is 6.95. The molecule has 0 bridgehead atoms. The first-order chi connectivity index (χ1) is 14.6. The van der Waals surface area contributed by atoms with Crippen LogP contribution in [0, 0.1) is 5.82 Å². The summed E-state index contributed by atoms with van der Waals surface area (Å²) in [5.74, 6) is -0.476. The zero-order valence-corrected chi connectivity index (χ0v) is 17.4. The molecule has 1 aromatic heterocycles. The van der Waals surface area contributed by atoms with Crippen LogP contribution in [0.3, 0.4) is 0 Å². The van der Waals surface area contributed by atoms with E-state index >= 15 is 0 Å². The number of nitrogens with zero attached hydrogens (tertiary/aromatic N) is 1. The molecule has 1 amide bonds. The first kappa shape index (κ1) is 20.0. The van der Waals surface area contributed by atoms with E-state index in [1.165, 1.54) is 23.5 Å². The van der Waals surface area contributed by atoms with Crippen LogP contribution in [0.4, 0.5) is 9.52 Å². The van der Waals surface area contributed by atoms with Crippen LogP contribution in [0.25, 0.3) is 22.4 Å². The molecule has 4 rings (SSSR count). The standard InChI is InChI=1S/C25H21FN2OS/c1-2-6-22-23(19-13-15-21(26)16-14-19)27-25(30-22)28-24(29)20-11-9-18(10-12-20)17-7-4-3-5-8-17/h3-5,7-16H,2,6H2,1H3,(H,27,28,29). The lowest BCUT2D eigenvalue weighted by molar-refractivity contribution is 0.102. The molecule has 0 aliphatic rings. The summed E-state index contributed by atoms with van der Waals surface area (Å²) < 4.78 is 13.3. The first-order valence-electron chi connectivity index (χ1n) is 9.86. The van der Waals surface area contributed by atoms with Crippen molar-refractivity contribution >= 4 is 22.4 Å². The number of rotatable bonds is 6. The molecule has 3 aromatic carbocycles. The molecule has 0 fully saturated rings. The molecular weight excluding hydrogens is 395 g/mol. The third kappa shape index (κ3) is 4.47. The number of halogens is 1. The van der Waals surface area contributed by atoms with Crippen LogP contribution in [0.5, 0.6) is 0 Å². The van der Waals surface area contributed by atoms with E-state index in [9.17, 15) is 9.18 Å². The largest absolute Gasteiger partial charge is 0.298 e. The third-order valence-electron chi connectivity index (χ3n) is 4.77. The Hall–Kier alpha value is -3.31. The van der Waals surface area contributed by atoms with E-state index in [0.29, 0.717) is 10.7 Å². The Morgan fingerprint density at radius 2 is 1.53 bits per heavy atom. The van der Waals surface area contributed by atoms with Crippen molar-refractivity contribution < 1.29 is 9.18 Å². The molecular formula is C25H21FN2OS. The van der Waals surface area contributed by atoms with Crippen LogP contribution in [-0.4, -0.2) is 10.9 Å². The van der Waals surface area contributed by atoms with E-state index in [4.69, 9.17) is 0 Å². The van der Waals surface area contributed by atoms with Crippen molar-refractivity contribution in [1.29, 1.82) is 0 Å². The summed E-state index contributed by atoms with van der Waals surface area (Å²) in [4.78, 5) is 18.4. The number of carbonyl (C=O) groups excluding carboxylic acids is 1. The van der Waals surface area contributed by atoms with E-state index in [1.807, 2.05) is 54.6 Å². The highest BCUT2D eigenvalue weighted by Gasteiger charge is 2.15. The van der Waals surface area contributed by atoms with Gasteiger partial charge in [-0.1, -0.05) is 55.8 Å². The number of amides is 1. The van der Waals surface area contributed by atoms with Crippen LogP contribution in [0.2, 0.25) is 0 Å². The summed E-state index contributed by atoms with van der Waals surface area (Å²) in [5.41, 5.74) is 4.40. The fourth-order valence-electron chi connectivity index (χ4n) is 3.25. The number of thiazole rings is 1. The van der Waals surface area contributed by atoms with Crippen molar-refractivity contribution in [2.24, 2.45) is 0 Å². The summed E-state index contributed by atoms with van der Waals surface area (Å²) in [6.45, 7) is 2.10. The highest BCUT2D eigenvalue weighted by Crippen LogP contribution is 2.32. The number of aromatic nitrogens is 1. The topological polar surface area (TPSA) is 42.0 Å². The first-order valence-corrected chi connectivity index (χ1v) is 10.7. The lowest BCUT2D eigenvalue weighted by Crippen LogP contribution is -2.11. The van der Waals surface area contributed by atoms with Gasteiger partial charge in [-0.05, 0) is 53.9 Å². The van der Waals surface area contributed by atoms with Crippen molar-refractivity contribution in [2.45, 2.75) is 19.8 Å². The molecule has 3 nitrogen and oxygen atoms in total. The number of nitrogens with one attached hydrogen (secondary N) is 1. The fraction of sp³-hybridized carbons (Fsp3) is 0.120. The fourth-order valence-corrected chi connectivity index (χ4v) is 4.33. The molecule has 1 heterocycles. The molecule has 5 heteroatoms. The van der Waals surface area contributed by atoms with Crippen LogP contribution in [0.1, 0.15) is 28.6 Å². The molecule has 0 aliphatic heterocycles. The Labute approximate surface area is 179 Å². The average Bonchev–Trinajstić information content (AvgIpc) is 3.17. The minimum Gasteiger partial charge on any atom is -0.298 e. The Morgan fingerprint density at radius 3 is 2.20 bits per heavy atom. The van der Waals surface area contributed by atoms with Gasteiger partial charge >= 0.3 is 0 Å². The van der Waals surface area contributed by atoms with Crippen LogP contribution in [-0.2, 0) is 6.42 Å². The predicted molar refractivity (Wildman–Crippen MR) is 121 cm³/mol. The van der Waals surface area contributed by atoms with Crippen molar-refractivity contribution in [2.75, 3.05) is 5.32 Å². The molecule has 0 aliphatic carbocycles. The monoisotopic (exact) mass is 416 g/mol. The Morgan fingerprint density at radius 1 is 0.900 bits per heavy atom. The van der Waals surface area contributed by atoms with Crippen molar-refractivity contribution in [3.63, 3.8) is 0 Å². The van der Waals surface area contributed by atoms with Gasteiger partial charge < -0.3 is 0 Å². The second kappa shape index (κ2) is 9.01. The van der Waals surface area contributed by atoms with Crippen molar-refractivity contribution in [3.8, 4) is 22.4 Å². The molecule has 0 spiro atoms.